The van der Waals surface area contributed by atoms with E-state index < -0.39 is 0 Å². The van der Waals surface area contributed by atoms with Gasteiger partial charge in [-0.2, -0.15) is 0 Å². The Morgan fingerprint density at radius 3 is 2.68 bits per heavy atom. The van der Waals surface area contributed by atoms with Crippen LogP contribution in [0.4, 0.5) is 17.3 Å². The Morgan fingerprint density at radius 1 is 1.41 bits per heavy atom. The van der Waals surface area contributed by atoms with Gasteiger partial charge in [-0.05, 0) is 12.5 Å². The molecule has 6 heteroatoms. The summed E-state index contributed by atoms with van der Waals surface area (Å²) in [6.07, 6.45) is 5.25. The van der Waals surface area contributed by atoms with Gasteiger partial charge in [0.2, 0.25) is 5.91 Å². The molecule has 6 nitrogen and oxygen atoms in total. The molecule has 2 heterocycles. The van der Waals surface area contributed by atoms with Crippen LogP contribution in [0.25, 0.3) is 0 Å². The molecule has 1 amide bonds. The first-order valence-corrected chi connectivity index (χ1v) is 7.18. The first-order valence-electron chi connectivity index (χ1n) is 7.18. The summed E-state index contributed by atoms with van der Waals surface area (Å²) >= 11 is 0. The Kier molecular flexibility index (Phi) is 6.31. The van der Waals surface area contributed by atoms with Crippen molar-refractivity contribution >= 4 is 23.2 Å². The number of nitrogens with two attached hydrogens (primary N) is 1. The average Bonchev–Trinajstić information content (AvgIpc) is 2.50. The molecule has 118 valence electrons. The van der Waals surface area contributed by atoms with E-state index in [0.717, 1.165) is 5.57 Å². The summed E-state index contributed by atoms with van der Waals surface area (Å²) in [6, 6.07) is 0. The van der Waals surface area contributed by atoms with Gasteiger partial charge >= 0.3 is 0 Å². The smallest absolute Gasteiger partial charge is 0.244 e. The number of nitrogens with one attached hydrogen (secondary N) is 1. The van der Waals surface area contributed by atoms with E-state index in [9.17, 15) is 4.79 Å². The minimum absolute atomic E-state index is 0.140. The normalized spacial score (nSPS) is 13.5. The largest absolute Gasteiger partial charge is 0.382 e. The van der Waals surface area contributed by atoms with E-state index in [-0.39, 0.29) is 18.3 Å². The first-order chi connectivity index (χ1) is 10.5. The van der Waals surface area contributed by atoms with Crippen LogP contribution in [-0.2, 0) is 4.79 Å². The maximum absolute atomic E-state index is 11.8. The summed E-state index contributed by atoms with van der Waals surface area (Å²) in [7, 11) is 0. The van der Waals surface area contributed by atoms with Crippen LogP contribution in [0.3, 0.4) is 0 Å². The lowest BCUT2D eigenvalue weighted by atomic mass is 10.2. The van der Waals surface area contributed by atoms with Gasteiger partial charge in [0.05, 0.1) is 6.54 Å². The standard InChI is InChI=1S/C14H17N5O.C2H6/c1-4-6-10(5-2)7-19-8-11(20)18-12-13(15)16-9(3)17-14(12)19;1-2/h4-6H,1-2,7-8H2,3H3,(H,18,20)(H2,15,16,17);1-2H3/b10-6+;. The molecule has 1 aliphatic rings. The predicted octanol–water partition coefficient (Wildman–Crippen LogP) is 2.45. The maximum atomic E-state index is 11.8. The molecule has 0 aromatic carbocycles. The van der Waals surface area contributed by atoms with E-state index >= 15 is 0 Å². The zero-order valence-corrected chi connectivity index (χ0v) is 13.4. The van der Waals surface area contributed by atoms with Crippen LogP contribution >= 0.6 is 0 Å². The minimum atomic E-state index is -0.140. The van der Waals surface area contributed by atoms with Gasteiger partial charge in [-0.15, -0.1) is 0 Å². The van der Waals surface area contributed by atoms with E-state index in [0.29, 0.717) is 23.9 Å². The summed E-state index contributed by atoms with van der Waals surface area (Å²) in [5, 5.41) is 2.71. The van der Waals surface area contributed by atoms with Crippen LogP contribution in [0, 0.1) is 6.92 Å². The molecule has 0 saturated heterocycles. The van der Waals surface area contributed by atoms with Crippen LogP contribution in [0.5, 0.6) is 0 Å². The van der Waals surface area contributed by atoms with Gasteiger partial charge in [0, 0.05) is 6.54 Å². The Morgan fingerprint density at radius 2 is 2.09 bits per heavy atom. The number of allylic oxidation sites excluding steroid dienone is 2. The van der Waals surface area contributed by atoms with Gasteiger partial charge < -0.3 is 16.0 Å². The first kappa shape index (κ1) is 17.4. The monoisotopic (exact) mass is 301 g/mol. The Labute approximate surface area is 131 Å². The number of nitrogens with zero attached hydrogens (tertiary/aromatic N) is 3. The van der Waals surface area contributed by atoms with Crippen molar-refractivity contribution < 1.29 is 4.79 Å². The lowest BCUT2D eigenvalue weighted by Gasteiger charge is -2.30. The molecule has 0 aliphatic carbocycles. The summed E-state index contributed by atoms with van der Waals surface area (Å²) in [6.45, 7) is 13.9. The Bertz CT molecular complexity index is 607. The van der Waals surface area contributed by atoms with Crippen LogP contribution in [0.2, 0.25) is 0 Å². The zero-order valence-electron chi connectivity index (χ0n) is 13.4. The molecule has 0 saturated carbocycles. The molecule has 22 heavy (non-hydrogen) atoms. The van der Waals surface area contributed by atoms with Crippen LogP contribution in [-0.4, -0.2) is 29.0 Å². The van der Waals surface area contributed by atoms with Crippen molar-refractivity contribution in [3.05, 3.63) is 42.8 Å². The second kappa shape index (κ2) is 7.97. The van der Waals surface area contributed by atoms with Crippen molar-refractivity contribution in [1.82, 2.24) is 9.97 Å². The highest BCUT2D eigenvalue weighted by atomic mass is 16.2. The third-order valence-corrected chi connectivity index (χ3v) is 2.90. The number of rotatable bonds is 4. The van der Waals surface area contributed by atoms with Crippen molar-refractivity contribution in [2.75, 3.05) is 29.0 Å². The fourth-order valence-electron chi connectivity index (χ4n) is 2.04. The number of anilines is 3. The molecule has 1 aromatic rings. The second-order valence-corrected chi connectivity index (χ2v) is 4.44. The lowest BCUT2D eigenvalue weighted by molar-refractivity contribution is -0.115. The molecule has 1 aliphatic heterocycles. The highest BCUT2D eigenvalue weighted by molar-refractivity contribution is 6.03. The SMILES string of the molecule is C=C/C=C(\C=C)CN1CC(=O)Nc2c(N)nc(C)nc21.CC. The number of aromatic nitrogens is 2. The van der Waals surface area contributed by atoms with Gasteiger partial charge in [-0.3, -0.25) is 4.79 Å². The van der Waals surface area contributed by atoms with Crippen molar-refractivity contribution in [1.29, 1.82) is 0 Å². The molecule has 3 N–H and O–H groups in total. The molecule has 0 atom stereocenters. The molecule has 0 radical (unpaired) electrons. The van der Waals surface area contributed by atoms with Crippen molar-refractivity contribution in [3.63, 3.8) is 0 Å². The van der Waals surface area contributed by atoms with E-state index in [1.54, 1.807) is 19.1 Å². The third-order valence-electron chi connectivity index (χ3n) is 2.90. The van der Waals surface area contributed by atoms with E-state index in [2.05, 4.69) is 28.4 Å². The Hall–Kier alpha value is -2.63. The lowest BCUT2D eigenvalue weighted by Crippen LogP contribution is -2.40. The number of nitrogen functional groups attached to an aromatic ring is 1. The number of aryl methyl sites for hydroxylation is 1. The number of fused-ring (bicyclic) bond motifs is 1. The van der Waals surface area contributed by atoms with Crippen molar-refractivity contribution in [3.8, 4) is 0 Å². The average molecular weight is 301 g/mol. The van der Waals surface area contributed by atoms with Crippen molar-refractivity contribution in [2.24, 2.45) is 0 Å². The number of amides is 1. The molecule has 0 bridgehead atoms. The number of hydrogen-bond acceptors (Lipinski definition) is 5. The molecule has 0 unspecified atom stereocenters. The number of carbonyl (C=O) groups is 1. The van der Waals surface area contributed by atoms with E-state index in [4.69, 9.17) is 5.73 Å². The van der Waals surface area contributed by atoms with E-state index in [1.807, 2.05) is 24.8 Å². The maximum Gasteiger partial charge on any atom is 0.244 e. The molecule has 1 aromatic heterocycles. The zero-order chi connectivity index (χ0) is 16.7. The number of hydrogen-bond donors (Lipinski definition) is 2. The molecular formula is C16H23N5O. The van der Waals surface area contributed by atoms with Crippen LogP contribution in [0.15, 0.2) is 37.0 Å². The van der Waals surface area contributed by atoms with Gasteiger partial charge in [0.25, 0.3) is 0 Å². The quantitative estimate of drug-likeness (QED) is 0.835. The molecular weight excluding hydrogens is 278 g/mol. The molecule has 0 spiro atoms. The summed E-state index contributed by atoms with van der Waals surface area (Å²) in [4.78, 5) is 22.1. The van der Waals surface area contributed by atoms with Crippen LogP contribution in [0.1, 0.15) is 19.7 Å². The Balaban J connectivity index is 0.00000116. The highest BCUT2D eigenvalue weighted by Gasteiger charge is 2.26. The van der Waals surface area contributed by atoms with Crippen molar-refractivity contribution in [2.45, 2.75) is 20.8 Å². The van der Waals surface area contributed by atoms with E-state index in [1.165, 1.54) is 0 Å². The van der Waals surface area contributed by atoms with Gasteiger partial charge in [-0.1, -0.05) is 45.2 Å². The molecule has 2 rings (SSSR count). The van der Waals surface area contributed by atoms with Gasteiger partial charge in [0.1, 0.15) is 11.5 Å². The fraction of sp³-hybridized carbons (Fsp3) is 0.312. The highest BCUT2D eigenvalue weighted by Crippen LogP contribution is 2.31. The van der Waals surface area contributed by atoms with Crippen LogP contribution < -0.4 is 16.0 Å². The fourth-order valence-corrected chi connectivity index (χ4v) is 2.04. The third kappa shape index (κ3) is 3.94. The van der Waals surface area contributed by atoms with Gasteiger partial charge in [0.15, 0.2) is 11.6 Å². The summed E-state index contributed by atoms with van der Waals surface area (Å²) < 4.78 is 0. The molecule has 0 fully saturated rings. The second-order valence-electron chi connectivity index (χ2n) is 4.44. The number of carbonyl (C=O) groups excluding carboxylic acids is 1. The minimum Gasteiger partial charge on any atom is -0.382 e. The summed E-state index contributed by atoms with van der Waals surface area (Å²) in [5.74, 6) is 1.33. The predicted molar refractivity (Wildman–Crippen MR) is 91.8 cm³/mol. The topological polar surface area (TPSA) is 84.1 Å². The summed E-state index contributed by atoms with van der Waals surface area (Å²) in [5.41, 5.74) is 7.25. The van der Waals surface area contributed by atoms with Gasteiger partial charge in [-0.25, -0.2) is 9.97 Å².